The molecule has 2 aromatic heterocycles. The van der Waals surface area contributed by atoms with Crippen molar-refractivity contribution in [3.8, 4) is 0 Å². The molecule has 0 aliphatic carbocycles. The standard InChI is InChI=1S/C23H22Cl2N4O4S/c1-13-9-20(30)29(33-13)11-21(31)28-7-5-14(6-8-28)23-26-18(12-34-23)17-10-19(32-27-17)22-15(24)3-2-4-16(22)25/h2-4,9,12,14,19H,5-8,10-11H2,1H3/t19-/m0/s1. The van der Waals surface area contributed by atoms with E-state index in [2.05, 4.69) is 5.16 Å². The molecular weight excluding hydrogens is 499 g/mol. The van der Waals surface area contributed by atoms with Crippen LogP contribution in [0.4, 0.5) is 0 Å². The van der Waals surface area contributed by atoms with Crippen LogP contribution in [0.5, 0.6) is 0 Å². The molecule has 1 atom stereocenters. The summed E-state index contributed by atoms with van der Waals surface area (Å²) in [6, 6.07) is 6.76. The molecule has 1 aromatic carbocycles. The molecule has 1 saturated heterocycles. The second kappa shape index (κ2) is 9.56. The van der Waals surface area contributed by atoms with Crippen LogP contribution in [0.1, 0.15) is 53.3 Å². The zero-order valence-electron chi connectivity index (χ0n) is 18.4. The Labute approximate surface area is 209 Å². The maximum atomic E-state index is 12.6. The normalized spacial score (nSPS) is 18.7. The summed E-state index contributed by atoms with van der Waals surface area (Å²) in [4.78, 5) is 36.6. The average molecular weight is 521 g/mol. The summed E-state index contributed by atoms with van der Waals surface area (Å²) in [5, 5.41) is 8.38. The van der Waals surface area contributed by atoms with Gasteiger partial charge in [0.1, 0.15) is 18.0 Å². The van der Waals surface area contributed by atoms with Gasteiger partial charge < -0.3 is 14.3 Å². The molecule has 1 amide bonds. The number of aryl methyl sites for hydroxylation is 1. The van der Waals surface area contributed by atoms with E-state index in [0.29, 0.717) is 35.3 Å². The van der Waals surface area contributed by atoms with Gasteiger partial charge in [0.2, 0.25) is 5.91 Å². The minimum atomic E-state index is -0.332. The summed E-state index contributed by atoms with van der Waals surface area (Å²) in [5.74, 6) is 0.652. The van der Waals surface area contributed by atoms with Crippen LogP contribution in [-0.2, 0) is 16.2 Å². The van der Waals surface area contributed by atoms with Gasteiger partial charge in [-0.15, -0.1) is 11.3 Å². The van der Waals surface area contributed by atoms with Crippen LogP contribution in [0.3, 0.4) is 0 Å². The molecule has 4 heterocycles. The lowest BCUT2D eigenvalue weighted by Crippen LogP contribution is -2.40. The zero-order valence-corrected chi connectivity index (χ0v) is 20.7. The van der Waals surface area contributed by atoms with Gasteiger partial charge in [0, 0.05) is 52.5 Å². The predicted octanol–water partition coefficient (Wildman–Crippen LogP) is 4.78. The first-order valence-electron chi connectivity index (χ1n) is 11.0. The van der Waals surface area contributed by atoms with Crippen LogP contribution < -0.4 is 5.56 Å². The maximum absolute atomic E-state index is 12.6. The number of oxime groups is 1. The first-order chi connectivity index (χ1) is 16.4. The van der Waals surface area contributed by atoms with Gasteiger partial charge in [0.15, 0.2) is 6.10 Å². The number of halogens is 2. The third kappa shape index (κ3) is 4.64. The monoisotopic (exact) mass is 520 g/mol. The number of hydrogen-bond acceptors (Lipinski definition) is 7. The first-order valence-corrected chi connectivity index (χ1v) is 12.6. The van der Waals surface area contributed by atoms with Crippen molar-refractivity contribution in [3.63, 3.8) is 0 Å². The number of thiazole rings is 1. The number of rotatable bonds is 5. The molecule has 2 aliphatic rings. The van der Waals surface area contributed by atoms with Gasteiger partial charge >= 0.3 is 0 Å². The van der Waals surface area contributed by atoms with Gasteiger partial charge in [-0.2, -0.15) is 4.74 Å². The fourth-order valence-electron chi connectivity index (χ4n) is 4.31. The average Bonchev–Trinajstić information content (AvgIpc) is 3.54. The Morgan fingerprint density at radius 1 is 1.24 bits per heavy atom. The second-order valence-corrected chi connectivity index (χ2v) is 10.1. The van der Waals surface area contributed by atoms with E-state index in [4.69, 9.17) is 37.5 Å². The van der Waals surface area contributed by atoms with Gasteiger partial charge in [-0.3, -0.25) is 9.59 Å². The third-order valence-electron chi connectivity index (χ3n) is 6.11. The molecule has 3 aromatic rings. The molecule has 2 aliphatic heterocycles. The first kappa shape index (κ1) is 23.1. The number of hydrogen-bond donors (Lipinski definition) is 0. The van der Waals surface area contributed by atoms with E-state index >= 15 is 0 Å². The number of amides is 1. The van der Waals surface area contributed by atoms with E-state index in [1.807, 2.05) is 5.38 Å². The SMILES string of the molecule is Cc1cc(=O)n(CC(=O)N2CCC(c3nc(C4=NO[C@H](c5c(Cl)cccc5Cl)C4)cs3)CC2)o1. The van der Waals surface area contributed by atoms with E-state index < -0.39 is 0 Å². The smallest absolute Gasteiger partial charge is 0.283 e. The van der Waals surface area contributed by atoms with Crippen LogP contribution in [0.25, 0.3) is 0 Å². The molecule has 0 N–H and O–H groups in total. The number of piperidine rings is 1. The van der Waals surface area contributed by atoms with E-state index in [-0.39, 0.29) is 30.0 Å². The van der Waals surface area contributed by atoms with E-state index in [9.17, 15) is 9.59 Å². The van der Waals surface area contributed by atoms with Crippen molar-refractivity contribution in [2.45, 2.75) is 44.8 Å². The highest BCUT2D eigenvalue weighted by Gasteiger charge is 2.30. The molecule has 0 spiro atoms. The Morgan fingerprint density at radius 3 is 2.65 bits per heavy atom. The van der Waals surface area contributed by atoms with Gasteiger partial charge in [0.25, 0.3) is 5.56 Å². The van der Waals surface area contributed by atoms with Gasteiger partial charge in [-0.1, -0.05) is 34.4 Å². The molecule has 178 valence electrons. The Kier molecular flexibility index (Phi) is 6.50. The number of benzene rings is 1. The van der Waals surface area contributed by atoms with Gasteiger partial charge in [-0.25, -0.2) is 4.98 Å². The number of carbonyl (C=O) groups is 1. The highest BCUT2D eigenvalue weighted by atomic mass is 35.5. The maximum Gasteiger partial charge on any atom is 0.283 e. The molecule has 0 saturated carbocycles. The quantitative estimate of drug-likeness (QED) is 0.482. The lowest BCUT2D eigenvalue weighted by Gasteiger charge is -2.31. The predicted molar refractivity (Wildman–Crippen MR) is 130 cm³/mol. The van der Waals surface area contributed by atoms with Gasteiger partial charge in [0.05, 0.1) is 10.7 Å². The fraction of sp³-hybridized carbons (Fsp3) is 0.391. The Morgan fingerprint density at radius 2 is 1.97 bits per heavy atom. The summed E-state index contributed by atoms with van der Waals surface area (Å²) in [6.07, 6.45) is 1.84. The van der Waals surface area contributed by atoms with E-state index in [1.165, 1.54) is 6.07 Å². The molecule has 1 fully saturated rings. The Bertz CT molecular complexity index is 1290. The van der Waals surface area contributed by atoms with Crippen molar-refractivity contribution in [2.75, 3.05) is 13.1 Å². The van der Waals surface area contributed by atoms with Crippen molar-refractivity contribution in [3.05, 3.63) is 72.1 Å². The van der Waals surface area contributed by atoms with Crippen molar-refractivity contribution < 1.29 is 14.2 Å². The minimum absolute atomic E-state index is 0.0742. The molecule has 0 radical (unpaired) electrons. The summed E-state index contributed by atoms with van der Waals surface area (Å²) in [7, 11) is 0. The third-order valence-corrected chi connectivity index (χ3v) is 7.78. The number of aromatic nitrogens is 2. The highest BCUT2D eigenvalue weighted by Crippen LogP contribution is 2.38. The lowest BCUT2D eigenvalue weighted by molar-refractivity contribution is -0.134. The van der Waals surface area contributed by atoms with Gasteiger partial charge in [-0.05, 0) is 31.9 Å². The number of carbonyl (C=O) groups excluding carboxylic acids is 1. The highest BCUT2D eigenvalue weighted by molar-refractivity contribution is 7.10. The summed E-state index contributed by atoms with van der Waals surface area (Å²) < 4.78 is 6.38. The molecule has 11 heteroatoms. The Balaban J connectivity index is 1.18. The van der Waals surface area contributed by atoms with Crippen LogP contribution in [-0.4, -0.2) is 39.3 Å². The molecule has 34 heavy (non-hydrogen) atoms. The van der Waals surface area contributed by atoms with Crippen molar-refractivity contribution in [2.24, 2.45) is 5.16 Å². The minimum Gasteiger partial charge on any atom is -0.387 e. The van der Waals surface area contributed by atoms with Crippen LogP contribution in [0, 0.1) is 6.92 Å². The van der Waals surface area contributed by atoms with Crippen LogP contribution in [0.15, 0.2) is 44.1 Å². The number of nitrogens with zero attached hydrogens (tertiary/aromatic N) is 4. The van der Waals surface area contributed by atoms with Crippen molar-refractivity contribution in [1.29, 1.82) is 0 Å². The largest absolute Gasteiger partial charge is 0.387 e. The molecule has 0 bridgehead atoms. The molecule has 0 unspecified atom stereocenters. The molecule has 8 nitrogen and oxygen atoms in total. The lowest BCUT2D eigenvalue weighted by atomic mass is 9.97. The summed E-state index contributed by atoms with van der Waals surface area (Å²) in [5.41, 5.74) is 2.02. The van der Waals surface area contributed by atoms with E-state index in [0.717, 1.165) is 39.6 Å². The fourth-order valence-corrected chi connectivity index (χ4v) is 5.95. The number of likely N-dealkylation sites (tertiary alicyclic amines) is 1. The van der Waals surface area contributed by atoms with Crippen molar-refractivity contribution >= 4 is 46.2 Å². The van der Waals surface area contributed by atoms with Crippen molar-refractivity contribution in [1.82, 2.24) is 14.6 Å². The summed E-state index contributed by atoms with van der Waals surface area (Å²) >= 11 is 14.2. The summed E-state index contributed by atoms with van der Waals surface area (Å²) in [6.45, 7) is 2.84. The Hall–Kier alpha value is -2.62. The van der Waals surface area contributed by atoms with Crippen LogP contribution >= 0.6 is 34.5 Å². The van der Waals surface area contributed by atoms with Crippen LogP contribution in [0.2, 0.25) is 10.0 Å². The second-order valence-electron chi connectivity index (χ2n) is 8.42. The molecule has 5 rings (SSSR count). The van der Waals surface area contributed by atoms with E-state index in [1.54, 1.807) is 41.4 Å². The topological polar surface area (TPSA) is 89.9 Å². The molecular formula is C23H22Cl2N4O4S. The zero-order chi connectivity index (χ0) is 23.8.